The van der Waals surface area contributed by atoms with Crippen LogP contribution in [0, 0.1) is 6.92 Å². The standard InChI is InChI=1S/C14H21F3N2/c1-4-18-9-12-8-11(3)6-7-13(12)19(5-2)10-14(15,16)17/h6-8,18H,4-5,9-10H2,1-3H3. The molecular weight excluding hydrogens is 253 g/mol. The Balaban J connectivity index is 3.01. The summed E-state index contributed by atoms with van der Waals surface area (Å²) < 4.78 is 37.8. The van der Waals surface area contributed by atoms with Crippen molar-refractivity contribution in [1.29, 1.82) is 0 Å². The lowest BCUT2D eigenvalue weighted by atomic mass is 10.1. The van der Waals surface area contributed by atoms with Crippen LogP contribution in [0.25, 0.3) is 0 Å². The molecule has 5 heteroatoms. The van der Waals surface area contributed by atoms with Crippen molar-refractivity contribution in [3.05, 3.63) is 29.3 Å². The summed E-state index contributed by atoms with van der Waals surface area (Å²) in [6, 6.07) is 5.57. The van der Waals surface area contributed by atoms with Gasteiger partial charge in [-0.25, -0.2) is 0 Å². The molecule has 0 unspecified atom stereocenters. The molecule has 19 heavy (non-hydrogen) atoms. The molecule has 108 valence electrons. The fourth-order valence-electron chi connectivity index (χ4n) is 2.01. The Morgan fingerprint density at radius 1 is 1.21 bits per heavy atom. The van der Waals surface area contributed by atoms with Crippen LogP contribution in [0.3, 0.4) is 0 Å². The minimum absolute atomic E-state index is 0.335. The van der Waals surface area contributed by atoms with Crippen molar-refractivity contribution in [3.63, 3.8) is 0 Å². The van der Waals surface area contributed by atoms with E-state index in [1.807, 2.05) is 26.0 Å². The zero-order valence-electron chi connectivity index (χ0n) is 11.6. The number of nitrogens with one attached hydrogen (secondary N) is 1. The van der Waals surface area contributed by atoms with Crippen LogP contribution in [0.15, 0.2) is 18.2 Å². The zero-order chi connectivity index (χ0) is 14.5. The number of halogens is 3. The van der Waals surface area contributed by atoms with E-state index in [2.05, 4.69) is 5.32 Å². The Hall–Kier alpha value is -1.23. The molecule has 1 aromatic carbocycles. The topological polar surface area (TPSA) is 15.3 Å². The highest BCUT2D eigenvalue weighted by Gasteiger charge is 2.30. The minimum atomic E-state index is -4.18. The highest BCUT2D eigenvalue weighted by molar-refractivity contribution is 5.55. The molecule has 0 atom stereocenters. The SMILES string of the molecule is CCNCc1cc(C)ccc1N(CC)CC(F)(F)F. The lowest BCUT2D eigenvalue weighted by Gasteiger charge is -2.27. The largest absolute Gasteiger partial charge is 0.405 e. The molecule has 0 heterocycles. The van der Waals surface area contributed by atoms with Gasteiger partial charge >= 0.3 is 6.18 Å². The van der Waals surface area contributed by atoms with Crippen molar-refractivity contribution < 1.29 is 13.2 Å². The highest BCUT2D eigenvalue weighted by Crippen LogP contribution is 2.26. The second kappa shape index (κ2) is 6.80. The number of hydrogen-bond donors (Lipinski definition) is 1. The van der Waals surface area contributed by atoms with Gasteiger partial charge < -0.3 is 10.2 Å². The summed E-state index contributed by atoms with van der Waals surface area (Å²) in [6.45, 7) is 6.46. The van der Waals surface area contributed by atoms with Crippen LogP contribution in [0.5, 0.6) is 0 Å². The van der Waals surface area contributed by atoms with Crippen molar-refractivity contribution in [3.8, 4) is 0 Å². The Morgan fingerprint density at radius 2 is 1.89 bits per heavy atom. The van der Waals surface area contributed by atoms with Crippen molar-refractivity contribution in [1.82, 2.24) is 5.32 Å². The third-order valence-corrected chi connectivity index (χ3v) is 2.89. The van der Waals surface area contributed by atoms with E-state index in [0.29, 0.717) is 18.8 Å². The first-order chi connectivity index (χ1) is 8.87. The molecule has 0 saturated heterocycles. The average Bonchev–Trinajstić information content (AvgIpc) is 2.32. The van der Waals surface area contributed by atoms with Gasteiger partial charge in [0.25, 0.3) is 0 Å². The molecule has 1 aromatic rings. The van der Waals surface area contributed by atoms with Gasteiger partial charge in [-0.15, -0.1) is 0 Å². The van der Waals surface area contributed by atoms with E-state index < -0.39 is 12.7 Å². The fourth-order valence-corrected chi connectivity index (χ4v) is 2.01. The molecule has 0 aromatic heterocycles. The van der Waals surface area contributed by atoms with Crippen molar-refractivity contribution in [2.75, 3.05) is 24.5 Å². The fraction of sp³-hybridized carbons (Fsp3) is 0.571. The molecule has 0 aliphatic heterocycles. The van der Waals surface area contributed by atoms with Crippen LogP contribution in [-0.2, 0) is 6.54 Å². The van der Waals surface area contributed by atoms with Gasteiger partial charge in [-0.05, 0) is 32.0 Å². The summed E-state index contributed by atoms with van der Waals surface area (Å²) in [4.78, 5) is 1.37. The number of alkyl halides is 3. The second-order valence-corrected chi connectivity index (χ2v) is 4.54. The van der Waals surface area contributed by atoms with E-state index in [4.69, 9.17) is 0 Å². The summed E-state index contributed by atoms with van der Waals surface area (Å²) in [5.41, 5.74) is 2.62. The van der Waals surface area contributed by atoms with Crippen LogP contribution in [-0.4, -0.2) is 25.8 Å². The zero-order valence-corrected chi connectivity index (χ0v) is 11.6. The summed E-state index contributed by atoms with van der Waals surface area (Å²) in [5.74, 6) is 0. The van der Waals surface area contributed by atoms with E-state index in [9.17, 15) is 13.2 Å². The van der Waals surface area contributed by atoms with Gasteiger partial charge in [0.2, 0.25) is 0 Å². The lowest BCUT2D eigenvalue weighted by molar-refractivity contribution is -0.119. The first kappa shape index (κ1) is 15.8. The number of aryl methyl sites for hydroxylation is 1. The quantitative estimate of drug-likeness (QED) is 0.854. The predicted octanol–water partition coefficient (Wildman–Crippen LogP) is 3.49. The maximum atomic E-state index is 12.6. The number of hydrogen-bond acceptors (Lipinski definition) is 2. The van der Waals surface area contributed by atoms with Gasteiger partial charge in [0.15, 0.2) is 0 Å². The summed E-state index contributed by atoms with van der Waals surface area (Å²) in [6.07, 6.45) is -4.18. The van der Waals surface area contributed by atoms with Gasteiger partial charge in [-0.3, -0.25) is 0 Å². The molecule has 0 radical (unpaired) electrons. The number of nitrogens with zero attached hydrogens (tertiary/aromatic N) is 1. The van der Waals surface area contributed by atoms with Gasteiger partial charge in [0, 0.05) is 18.8 Å². The second-order valence-electron chi connectivity index (χ2n) is 4.54. The first-order valence-electron chi connectivity index (χ1n) is 6.49. The Morgan fingerprint density at radius 3 is 2.42 bits per heavy atom. The number of benzene rings is 1. The summed E-state index contributed by atoms with van der Waals surface area (Å²) >= 11 is 0. The molecule has 0 aliphatic carbocycles. The summed E-state index contributed by atoms with van der Waals surface area (Å²) in [5, 5.41) is 3.17. The smallest absolute Gasteiger partial charge is 0.363 e. The minimum Gasteiger partial charge on any atom is -0.363 e. The predicted molar refractivity (Wildman–Crippen MR) is 72.5 cm³/mol. The monoisotopic (exact) mass is 274 g/mol. The average molecular weight is 274 g/mol. The van der Waals surface area contributed by atoms with E-state index in [1.165, 1.54) is 4.90 Å². The van der Waals surface area contributed by atoms with Gasteiger partial charge in [-0.2, -0.15) is 13.2 Å². The third-order valence-electron chi connectivity index (χ3n) is 2.89. The van der Waals surface area contributed by atoms with Crippen molar-refractivity contribution in [2.24, 2.45) is 0 Å². The maximum absolute atomic E-state index is 12.6. The molecule has 0 spiro atoms. The molecule has 0 fully saturated rings. The van der Waals surface area contributed by atoms with Gasteiger partial charge in [0.05, 0.1) is 0 Å². The molecule has 1 N–H and O–H groups in total. The molecule has 0 aliphatic rings. The summed E-state index contributed by atoms with van der Waals surface area (Å²) in [7, 11) is 0. The van der Waals surface area contributed by atoms with Crippen LogP contribution in [0.1, 0.15) is 25.0 Å². The molecule has 0 saturated carbocycles. The van der Waals surface area contributed by atoms with Crippen molar-refractivity contribution >= 4 is 5.69 Å². The van der Waals surface area contributed by atoms with Crippen LogP contribution in [0.2, 0.25) is 0 Å². The lowest BCUT2D eigenvalue weighted by Crippen LogP contribution is -2.35. The highest BCUT2D eigenvalue weighted by atomic mass is 19.4. The Labute approximate surface area is 112 Å². The molecule has 0 amide bonds. The Kier molecular flexibility index (Phi) is 5.66. The maximum Gasteiger partial charge on any atom is 0.405 e. The van der Waals surface area contributed by atoms with E-state index in [0.717, 1.165) is 17.7 Å². The first-order valence-corrected chi connectivity index (χ1v) is 6.49. The van der Waals surface area contributed by atoms with Gasteiger partial charge in [0.1, 0.15) is 6.54 Å². The third kappa shape index (κ3) is 5.11. The number of rotatable bonds is 6. The number of anilines is 1. The van der Waals surface area contributed by atoms with E-state index in [-0.39, 0.29) is 0 Å². The van der Waals surface area contributed by atoms with Crippen molar-refractivity contribution in [2.45, 2.75) is 33.5 Å². The van der Waals surface area contributed by atoms with E-state index >= 15 is 0 Å². The van der Waals surface area contributed by atoms with Gasteiger partial charge in [-0.1, -0.05) is 24.6 Å². The molecular formula is C14H21F3N2. The molecule has 1 rings (SSSR count). The Bertz CT molecular complexity index is 402. The van der Waals surface area contributed by atoms with E-state index in [1.54, 1.807) is 13.0 Å². The normalized spacial score (nSPS) is 11.7. The van der Waals surface area contributed by atoms with Crippen LogP contribution >= 0.6 is 0 Å². The van der Waals surface area contributed by atoms with Crippen LogP contribution < -0.4 is 10.2 Å². The molecule has 0 bridgehead atoms. The molecule has 2 nitrogen and oxygen atoms in total. The van der Waals surface area contributed by atoms with Crippen LogP contribution in [0.4, 0.5) is 18.9 Å².